The summed E-state index contributed by atoms with van der Waals surface area (Å²) in [4.78, 5) is 32.9. The number of hydrogen-bond acceptors (Lipinski definition) is 5. The summed E-state index contributed by atoms with van der Waals surface area (Å²) in [5, 5.41) is 10.6. The number of hydrogen-bond donors (Lipinski definition) is 0. The minimum Gasteiger partial charge on any atom is -0.463 e. The van der Waals surface area contributed by atoms with E-state index in [1.807, 2.05) is 6.07 Å². The highest BCUT2D eigenvalue weighted by Crippen LogP contribution is 2.17. The molecule has 0 N–H and O–H groups in total. The van der Waals surface area contributed by atoms with E-state index in [4.69, 9.17) is 4.74 Å². The van der Waals surface area contributed by atoms with Gasteiger partial charge in [-0.3, -0.25) is 14.9 Å². The summed E-state index contributed by atoms with van der Waals surface area (Å²) in [6.07, 6.45) is 23.0. The molecule has 0 spiro atoms. The van der Waals surface area contributed by atoms with E-state index in [1.165, 1.54) is 121 Å². The van der Waals surface area contributed by atoms with Crippen molar-refractivity contribution in [3.05, 3.63) is 88.5 Å². The van der Waals surface area contributed by atoms with Crippen LogP contribution in [0.15, 0.2) is 67.3 Å². The molecule has 0 amide bonds. The highest BCUT2D eigenvalue weighted by atomic mass is 16.6. The fourth-order valence-corrected chi connectivity index (χ4v) is 4.40. The van der Waals surface area contributed by atoms with E-state index in [9.17, 15) is 19.7 Å². The fourth-order valence-electron chi connectivity index (χ4n) is 4.40. The van der Waals surface area contributed by atoms with Crippen LogP contribution in [0.25, 0.3) is 0 Å². The van der Waals surface area contributed by atoms with Crippen LogP contribution in [0.5, 0.6) is 0 Å². The van der Waals surface area contributed by atoms with Crippen molar-refractivity contribution in [2.24, 2.45) is 0 Å². The Morgan fingerprint density at radius 2 is 1.20 bits per heavy atom. The van der Waals surface area contributed by atoms with Crippen molar-refractivity contribution in [2.45, 2.75) is 110 Å². The lowest BCUT2D eigenvalue weighted by atomic mass is 10.0. The first-order valence-electron chi connectivity index (χ1n) is 15.1. The second-order valence-corrected chi connectivity index (χ2v) is 10.2. The third kappa shape index (κ3) is 17.3. The largest absolute Gasteiger partial charge is 0.463 e. The lowest BCUT2D eigenvalue weighted by molar-refractivity contribution is -0.384. The average Bonchev–Trinajstić information content (AvgIpc) is 2.99. The van der Waals surface area contributed by atoms with Crippen molar-refractivity contribution < 1.29 is 19.2 Å². The van der Waals surface area contributed by atoms with Crippen molar-refractivity contribution >= 4 is 17.4 Å². The van der Waals surface area contributed by atoms with Gasteiger partial charge in [-0.15, -0.1) is 0 Å². The van der Waals surface area contributed by atoms with Crippen LogP contribution in [-0.4, -0.2) is 23.3 Å². The number of ether oxygens (including phenoxy) is 1. The van der Waals surface area contributed by atoms with Crippen LogP contribution in [0.2, 0.25) is 0 Å². The van der Waals surface area contributed by atoms with Crippen LogP contribution in [0.1, 0.15) is 126 Å². The highest BCUT2D eigenvalue weighted by Gasteiger charge is 2.12. The summed E-state index contributed by atoms with van der Waals surface area (Å²) >= 11 is 0. The third-order valence-corrected chi connectivity index (χ3v) is 6.76. The quantitative estimate of drug-likeness (QED) is 0.0385. The molecule has 6 heteroatoms. The van der Waals surface area contributed by atoms with Gasteiger partial charge in [0.15, 0.2) is 5.78 Å². The Labute approximate surface area is 241 Å². The van der Waals surface area contributed by atoms with Crippen molar-refractivity contribution in [3.8, 4) is 0 Å². The molecule has 0 heterocycles. The number of carbonyl (C=O) groups excluding carboxylic acids is 2. The third-order valence-electron chi connectivity index (χ3n) is 6.76. The van der Waals surface area contributed by atoms with Crippen LogP contribution in [0, 0.1) is 10.1 Å². The smallest absolute Gasteiger partial charge is 0.330 e. The molecule has 2 rings (SSSR count). The Kier molecular flexibility index (Phi) is 20.5. The van der Waals surface area contributed by atoms with Crippen LogP contribution >= 0.6 is 0 Å². The molecule has 2 aromatic rings. The Bertz CT molecular complexity index is 973. The summed E-state index contributed by atoms with van der Waals surface area (Å²) in [5.41, 5.74) is 0.769. The second kappa shape index (κ2) is 23.6. The van der Waals surface area contributed by atoms with Crippen LogP contribution in [0.4, 0.5) is 5.69 Å². The van der Waals surface area contributed by atoms with Crippen molar-refractivity contribution in [1.29, 1.82) is 0 Å². The van der Waals surface area contributed by atoms with E-state index >= 15 is 0 Å². The maximum absolute atomic E-state index is 12.0. The number of nitro groups is 1. The van der Waals surface area contributed by atoms with E-state index < -0.39 is 4.92 Å². The summed E-state index contributed by atoms with van der Waals surface area (Å²) in [7, 11) is 0. The van der Waals surface area contributed by atoms with Gasteiger partial charge in [0.25, 0.3) is 5.69 Å². The Balaban J connectivity index is 0.000000415. The van der Waals surface area contributed by atoms with E-state index in [0.29, 0.717) is 17.7 Å². The number of benzene rings is 2. The molecule has 0 saturated carbocycles. The Hall–Kier alpha value is -3.28. The SMILES string of the molecule is C=CC(=O)OCCCCCCCCCCCCCCCCCC.O=C(c1ccccc1)c1cccc([N+](=O)[O-])c1. The molecule has 0 radical (unpaired) electrons. The maximum atomic E-state index is 12.0. The fraction of sp³-hybridized carbons (Fsp3) is 0.529. The molecule has 2 aromatic carbocycles. The second-order valence-electron chi connectivity index (χ2n) is 10.2. The summed E-state index contributed by atoms with van der Waals surface area (Å²) < 4.78 is 4.95. The zero-order chi connectivity index (χ0) is 29.3. The molecule has 0 aliphatic heterocycles. The van der Waals surface area contributed by atoms with Gasteiger partial charge in [-0.2, -0.15) is 0 Å². The minimum absolute atomic E-state index is 0.0771. The van der Waals surface area contributed by atoms with Crippen molar-refractivity contribution in [1.82, 2.24) is 0 Å². The molecule has 0 aliphatic rings. The predicted octanol–water partition coefficient (Wildman–Crippen LogP) is 9.80. The standard InChI is InChI=1S/C21H40O2.C13H9NO3/c1-3-5-6-7-8-9-10-11-12-13-14-15-16-17-18-19-20-23-21(22)4-2;15-13(10-5-2-1-3-6-10)11-7-4-8-12(9-11)14(16)17/h4H,2-3,5-20H2,1H3;1-9H. The van der Waals surface area contributed by atoms with Crippen molar-refractivity contribution in [3.63, 3.8) is 0 Å². The molecule has 0 fully saturated rings. The van der Waals surface area contributed by atoms with E-state index in [1.54, 1.807) is 30.3 Å². The number of unbranched alkanes of at least 4 members (excludes halogenated alkanes) is 15. The number of carbonyl (C=O) groups is 2. The van der Waals surface area contributed by atoms with Gasteiger partial charge in [0, 0.05) is 29.3 Å². The number of ketones is 1. The zero-order valence-electron chi connectivity index (χ0n) is 24.5. The first kappa shape index (κ1) is 34.7. The van der Waals surface area contributed by atoms with Crippen LogP contribution in [0.3, 0.4) is 0 Å². The Morgan fingerprint density at radius 3 is 1.68 bits per heavy atom. The molecule has 0 atom stereocenters. The van der Waals surface area contributed by atoms with Crippen LogP contribution in [-0.2, 0) is 9.53 Å². The van der Waals surface area contributed by atoms with Gasteiger partial charge in [0.2, 0.25) is 0 Å². The highest BCUT2D eigenvalue weighted by molar-refractivity contribution is 6.09. The van der Waals surface area contributed by atoms with Gasteiger partial charge >= 0.3 is 5.97 Å². The number of rotatable bonds is 21. The molecule has 0 unspecified atom stereocenters. The van der Waals surface area contributed by atoms with Gasteiger partial charge in [0.05, 0.1) is 11.5 Å². The van der Waals surface area contributed by atoms with Gasteiger partial charge in [-0.1, -0.05) is 152 Å². The topological polar surface area (TPSA) is 86.5 Å². The van der Waals surface area contributed by atoms with Crippen LogP contribution < -0.4 is 0 Å². The number of nitro benzene ring substituents is 1. The Morgan fingerprint density at radius 1 is 0.725 bits per heavy atom. The molecule has 0 saturated heterocycles. The predicted molar refractivity (Wildman–Crippen MR) is 164 cm³/mol. The molecule has 6 nitrogen and oxygen atoms in total. The maximum Gasteiger partial charge on any atom is 0.330 e. The molecule has 0 aliphatic carbocycles. The minimum atomic E-state index is -0.512. The van der Waals surface area contributed by atoms with Gasteiger partial charge in [-0.25, -0.2) is 4.79 Å². The van der Waals surface area contributed by atoms with Gasteiger partial charge in [-0.05, 0) is 6.42 Å². The number of non-ortho nitro benzene ring substituents is 1. The molecule has 0 aromatic heterocycles. The molecule has 40 heavy (non-hydrogen) atoms. The van der Waals surface area contributed by atoms with Crippen molar-refractivity contribution in [2.75, 3.05) is 6.61 Å². The summed E-state index contributed by atoms with van der Waals surface area (Å²) in [6.45, 7) is 6.20. The average molecular weight is 552 g/mol. The zero-order valence-corrected chi connectivity index (χ0v) is 24.5. The molecular weight excluding hydrogens is 502 g/mol. The normalized spacial score (nSPS) is 10.3. The van der Waals surface area contributed by atoms with Gasteiger partial charge < -0.3 is 4.74 Å². The van der Waals surface area contributed by atoms with Gasteiger partial charge in [0.1, 0.15) is 0 Å². The first-order valence-corrected chi connectivity index (χ1v) is 15.1. The molecule has 220 valence electrons. The lowest BCUT2D eigenvalue weighted by Gasteiger charge is -2.04. The number of esters is 1. The van der Waals surface area contributed by atoms with E-state index in [0.717, 1.165) is 6.42 Å². The summed E-state index contributed by atoms with van der Waals surface area (Å²) in [5.74, 6) is -0.514. The van der Waals surface area contributed by atoms with E-state index in [-0.39, 0.29) is 17.4 Å². The molecular formula is C34H49NO5. The first-order chi connectivity index (χ1) is 19.5. The molecule has 0 bridgehead atoms. The van der Waals surface area contributed by atoms with E-state index in [2.05, 4.69) is 13.5 Å². The summed E-state index contributed by atoms with van der Waals surface area (Å²) in [6, 6.07) is 14.4. The lowest BCUT2D eigenvalue weighted by Crippen LogP contribution is -2.01. The monoisotopic (exact) mass is 551 g/mol. The number of nitrogens with zero attached hydrogens (tertiary/aromatic N) is 1.